The van der Waals surface area contributed by atoms with Gasteiger partial charge in [-0.05, 0) is 49.1 Å². The van der Waals surface area contributed by atoms with Crippen molar-refractivity contribution in [2.24, 2.45) is 0 Å². The van der Waals surface area contributed by atoms with Gasteiger partial charge in [0.25, 0.3) is 5.91 Å². The van der Waals surface area contributed by atoms with Crippen LogP contribution in [0.2, 0.25) is 0 Å². The Labute approximate surface area is 153 Å². The van der Waals surface area contributed by atoms with E-state index >= 15 is 0 Å². The molecule has 132 valence electrons. The molecule has 0 saturated heterocycles. The summed E-state index contributed by atoms with van der Waals surface area (Å²) in [4.78, 5) is 20.7. The molecule has 0 aliphatic heterocycles. The van der Waals surface area contributed by atoms with Crippen LogP contribution >= 0.6 is 0 Å². The fraction of sp³-hybridized carbons (Fsp3) is 0.190. The van der Waals surface area contributed by atoms with E-state index in [1.54, 1.807) is 6.07 Å². The average Bonchev–Trinajstić information content (AvgIpc) is 2.65. The van der Waals surface area contributed by atoms with Crippen LogP contribution in [0.4, 0.5) is 11.5 Å². The van der Waals surface area contributed by atoms with E-state index < -0.39 is 0 Å². The lowest BCUT2D eigenvalue weighted by atomic mass is 10.1. The lowest BCUT2D eigenvalue weighted by Crippen LogP contribution is -2.24. The standard InChI is InChI=1S/C21H22N4O/c1-14-8-6-10-18(16(14)3)25-20-11-19(23-13-24-20)21(26)22-12-17-9-5-4-7-15(17)2/h4-11,13H,12H2,1-3H3,(H,22,26)(H,23,24,25). The van der Waals surface area contributed by atoms with Crippen molar-refractivity contribution >= 4 is 17.4 Å². The second-order valence-corrected chi connectivity index (χ2v) is 6.27. The SMILES string of the molecule is Cc1ccccc1CNC(=O)c1cc(Nc2cccc(C)c2C)ncn1. The van der Waals surface area contributed by atoms with E-state index in [1.807, 2.05) is 43.3 Å². The van der Waals surface area contributed by atoms with Crippen molar-refractivity contribution in [1.29, 1.82) is 0 Å². The third kappa shape index (κ3) is 4.06. The number of nitrogens with one attached hydrogen (secondary N) is 2. The molecule has 2 aromatic carbocycles. The molecular formula is C21H22N4O. The Balaban J connectivity index is 1.71. The summed E-state index contributed by atoms with van der Waals surface area (Å²) < 4.78 is 0. The molecule has 2 N–H and O–H groups in total. The first-order valence-corrected chi connectivity index (χ1v) is 8.52. The zero-order chi connectivity index (χ0) is 18.5. The van der Waals surface area contributed by atoms with Gasteiger partial charge in [0.05, 0.1) is 0 Å². The Morgan fingerprint density at radius 1 is 0.962 bits per heavy atom. The number of anilines is 2. The van der Waals surface area contributed by atoms with Crippen molar-refractivity contribution in [1.82, 2.24) is 15.3 Å². The van der Waals surface area contributed by atoms with Gasteiger partial charge in [-0.15, -0.1) is 0 Å². The molecule has 1 amide bonds. The summed E-state index contributed by atoms with van der Waals surface area (Å²) in [7, 11) is 0. The molecule has 0 bridgehead atoms. The second-order valence-electron chi connectivity index (χ2n) is 6.27. The Hall–Kier alpha value is -3.21. The first-order valence-electron chi connectivity index (χ1n) is 8.52. The Morgan fingerprint density at radius 3 is 2.54 bits per heavy atom. The molecule has 1 aromatic heterocycles. The van der Waals surface area contributed by atoms with Crippen molar-refractivity contribution < 1.29 is 4.79 Å². The fourth-order valence-electron chi connectivity index (χ4n) is 2.65. The second kappa shape index (κ2) is 7.78. The monoisotopic (exact) mass is 346 g/mol. The summed E-state index contributed by atoms with van der Waals surface area (Å²) in [5, 5.41) is 6.17. The maximum absolute atomic E-state index is 12.4. The Bertz CT molecular complexity index is 937. The molecule has 3 rings (SSSR count). The summed E-state index contributed by atoms with van der Waals surface area (Å²) in [6.07, 6.45) is 1.40. The van der Waals surface area contributed by atoms with Crippen LogP contribution in [-0.2, 0) is 6.54 Å². The van der Waals surface area contributed by atoms with Crippen LogP contribution < -0.4 is 10.6 Å². The molecule has 26 heavy (non-hydrogen) atoms. The quantitative estimate of drug-likeness (QED) is 0.731. The van der Waals surface area contributed by atoms with Gasteiger partial charge in [0, 0.05) is 18.3 Å². The molecule has 0 aliphatic rings. The molecule has 0 aliphatic carbocycles. The van der Waals surface area contributed by atoms with E-state index in [2.05, 4.69) is 40.5 Å². The van der Waals surface area contributed by atoms with E-state index in [-0.39, 0.29) is 5.91 Å². The zero-order valence-corrected chi connectivity index (χ0v) is 15.2. The summed E-state index contributed by atoms with van der Waals surface area (Å²) in [6.45, 7) is 6.60. The summed E-state index contributed by atoms with van der Waals surface area (Å²) >= 11 is 0. The van der Waals surface area contributed by atoms with Crippen LogP contribution in [0.3, 0.4) is 0 Å². The minimum Gasteiger partial charge on any atom is -0.347 e. The normalized spacial score (nSPS) is 10.4. The van der Waals surface area contributed by atoms with Crippen molar-refractivity contribution in [3.05, 3.63) is 82.8 Å². The number of aryl methyl sites for hydroxylation is 2. The number of hydrogen-bond acceptors (Lipinski definition) is 4. The third-order valence-corrected chi connectivity index (χ3v) is 4.47. The summed E-state index contributed by atoms with van der Waals surface area (Å²) in [5.74, 6) is 0.370. The molecule has 3 aromatic rings. The van der Waals surface area contributed by atoms with Crippen LogP contribution in [0.15, 0.2) is 54.9 Å². The van der Waals surface area contributed by atoms with E-state index in [0.717, 1.165) is 22.4 Å². The predicted molar refractivity (Wildman–Crippen MR) is 104 cm³/mol. The number of rotatable bonds is 5. The van der Waals surface area contributed by atoms with Gasteiger partial charge in [0.1, 0.15) is 17.8 Å². The number of amides is 1. The van der Waals surface area contributed by atoms with Crippen molar-refractivity contribution in [3.63, 3.8) is 0 Å². The lowest BCUT2D eigenvalue weighted by Gasteiger charge is -2.11. The maximum atomic E-state index is 12.4. The van der Waals surface area contributed by atoms with Crippen LogP contribution in [0.5, 0.6) is 0 Å². The molecule has 1 heterocycles. The number of benzene rings is 2. The van der Waals surface area contributed by atoms with Gasteiger partial charge in [-0.1, -0.05) is 36.4 Å². The van der Waals surface area contributed by atoms with Gasteiger partial charge in [-0.3, -0.25) is 4.79 Å². The van der Waals surface area contributed by atoms with Crippen molar-refractivity contribution in [2.75, 3.05) is 5.32 Å². The third-order valence-electron chi connectivity index (χ3n) is 4.47. The van der Waals surface area contributed by atoms with Gasteiger partial charge in [-0.2, -0.15) is 0 Å². The zero-order valence-electron chi connectivity index (χ0n) is 15.2. The molecule has 0 spiro atoms. The van der Waals surface area contributed by atoms with Crippen LogP contribution in [0, 0.1) is 20.8 Å². The largest absolute Gasteiger partial charge is 0.347 e. The molecule has 5 heteroatoms. The highest BCUT2D eigenvalue weighted by atomic mass is 16.1. The Morgan fingerprint density at radius 2 is 1.73 bits per heavy atom. The predicted octanol–water partition coefficient (Wildman–Crippen LogP) is 4.08. The smallest absolute Gasteiger partial charge is 0.270 e. The minimum absolute atomic E-state index is 0.223. The number of nitrogens with zero attached hydrogens (tertiary/aromatic N) is 2. The van der Waals surface area contributed by atoms with Gasteiger partial charge in [0.15, 0.2) is 0 Å². The summed E-state index contributed by atoms with van der Waals surface area (Å²) in [5.41, 5.74) is 5.88. The first-order chi connectivity index (χ1) is 12.5. The number of carbonyl (C=O) groups excluding carboxylic acids is 1. The van der Waals surface area contributed by atoms with E-state index in [1.165, 1.54) is 11.9 Å². The average molecular weight is 346 g/mol. The summed E-state index contributed by atoms with van der Waals surface area (Å²) in [6, 6.07) is 15.7. The molecule has 0 radical (unpaired) electrons. The molecule has 0 saturated carbocycles. The molecule has 5 nitrogen and oxygen atoms in total. The highest BCUT2D eigenvalue weighted by Gasteiger charge is 2.10. The lowest BCUT2D eigenvalue weighted by molar-refractivity contribution is 0.0945. The van der Waals surface area contributed by atoms with Crippen LogP contribution in [0.25, 0.3) is 0 Å². The van der Waals surface area contributed by atoms with Crippen LogP contribution in [0.1, 0.15) is 32.7 Å². The van der Waals surface area contributed by atoms with E-state index in [0.29, 0.717) is 18.1 Å². The van der Waals surface area contributed by atoms with Gasteiger partial charge in [0.2, 0.25) is 0 Å². The van der Waals surface area contributed by atoms with Gasteiger partial charge >= 0.3 is 0 Å². The maximum Gasteiger partial charge on any atom is 0.270 e. The molecular weight excluding hydrogens is 324 g/mol. The first kappa shape index (κ1) is 17.6. The van der Waals surface area contributed by atoms with Crippen molar-refractivity contribution in [3.8, 4) is 0 Å². The van der Waals surface area contributed by atoms with Gasteiger partial charge in [-0.25, -0.2) is 9.97 Å². The van der Waals surface area contributed by atoms with Gasteiger partial charge < -0.3 is 10.6 Å². The molecule has 0 fully saturated rings. The highest BCUT2D eigenvalue weighted by molar-refractivity contribution is 5.93. The topological polar surface area (TPSA) is 66.9 Å². The van der Waals surface area contributed by atoms with E-state index in [4.69, 9.17) is 0 Å². The molecule has 0 unspecified atom stereocenters. The number of carbonyl (C=O) groups is 1. The number of aromatic nitrogens is 2. The van der Waals surface area contributed by atoms with E-state index in [9.17, 15) is 4.79 Å². The highest BCUT2D eigenvalue weighted by Crippen LogP contribution is 2.21. The van der Waals surface area contributed by atoms with Crippen LogP contribution in [-0.4, -0.2) is 15.9 Å². The van der Waals surface area contributed by atoms with Crippen molar-refractivity contribution in [2.45, 2.75) is 27.3 Å². The Kier molecular flexibility index (Phi) is 5.27. The minimum atomic E-state index is -0.223. The molecule has 0 atom stereocenters. The number of hydrogen-bond donors (Lipinski definition) is 2. The fourth-order valence-corrected chi connectivity index (χ4v) is 2.65.